The maximum absolute atomic E-state index is 12.6. The lowest BCUT2D eigenvalue weighted by molar-refractivity contribution is -0.384. The number of nitro benzene ring substituents is 1. The Morgan fingerprint density at radius 2 is 1.67 bits per heavy atom. The van der Waals surface area contributed by atoms with Crippen LogP contribution in [-0.4, -0.2) is 24.2 Å². The summed E-state index contributed by atoms with van der Waals surface area (Å²) in [6.45, 7) is 5.18. The summed E-state index contributed by atoms with van der Waals surface area (Å²) in [6.07, 6.45) is 0. The van der Waals surface area contributed by atoms with Crippen LogP contribution in [0.15, 0.2) is 71.2 Å². The van der Waals surface area contributed by atoms with Crippen LogP contribution in [0.5, 0.6) is 0 Å². The van der Waals surface area contributed by atoms with E-state index in [2.05, 4.69) is 16.8 Å². The Labute approximate surface area is 154 Å². The van der Waals surface area contributed by atoms with Gasteiger partial charge in [-0.15, -0.1) is 0 Å². The fourth-order valence-electron chi connectivity index (χ4n) is 2.05. The minimum absolute atomic E-state index is 0.0185. The van der Waals surface area contributed by atoms with Gasteiger partial charge >= 0.3 is 5.97 Å². The van der Waals surface area contributed by atoms with Gasteiger partial charge in [-0.3, -0.25) is 10.1 Å². The predicted molar refractivity (Wildman–Crippen MR) is 97.9 cm³/mol. The number of nitro groups is 1. The monoisotopic (exact) mass is 372 g/mol. The molecule has 2 rings (SSSR count). The summed E-state index contributed by atoms with van der Waals surface area (Å²) in [4.78, 5) is 23.0. The summed E-state index contributed by atoms with van der Waals surface area (Å²) in [5.74, 6) is -2.24. The van der Waals surface area contributed by atoms with E-state index in [0.717, 1.165) is 5.69 Å². The summed E-state index contributed by atoms with van der Waals surface area (Å²) >= 11 is 0. The van der Waals surface area contributed by atoms with Crippen LogP contribution in [0.1, 0.15) is 6.92 Å². The molecule has 140 valence electrons. The molecule has 0 saturated carbocycles. The molecule has 0 N–H and O–H groups in total. The molecule has 0 radical (unpaired) electrons. The summed E-state index contributed by atoms with van der Waals surface area (Å²) < 4.78 is 17.4. The number of azo groups is 1. The second kappa shape index (κ2) is 9.18. The van der Waals surface area contributed by atoms with Gasteiger partial charge in [0.25, 0.3) is 5.69 Å². The average molecular weight is 372 g/mol. The van der Waals surface area contributed by atoms with E-state index in [9.17, 15) is 19.3 Å². The van der Waals surface area contributed by atoms with Gasteiger partial charge in [-0.2, -0.15) is 14.6 Å². The first-order chi connectivity index (χ1) is 12.9. The Morgan fingerprint density at radius 1 is 1.15 bits per heavy atom. The van der Waals surface area contributed by atoms with Gasteiger partial charge in [0.1, 0.15) is 0 Å². The van der Waals surface area contributed by atoms with Crippen LogP contribution in [0.25, 0.3) is 0 Å². The molecule has 0 aliphatic carbocycles. The quantitative estimate of drug-likeness (QED) is 0.165. The summed E-state index contributed by atoms with van der Waals surface area (Å²) in [5, 5.41) is 18.7. The number of ether oxygens (including phenoxy) is 1. The van der Waals surface area contributed by atoms with E-state index in [-0.39, 0.29) is 12.4 Å². The van der Waals surface area contributed by atoms with Crippen LogP contribution in [-0.2, 0) is 9.53 Å². The highest BCUT2D eigenvalue weighted by Gasteiger charge is 2.11. The third kappa shape index (κ3) is 5.70. The number of anilines is 1. The number of carbonyl (C=O) groups excluding carboxylic acids is 1. The number of benzene rings is 2. The Morgan fingerprint density at radius 3 is 2.11 bits per heavy atom. The van der Waals surface area contributed by atoms with Gasteiger partial charge in [0.05, 0.1) is 16.3 Å². The van der Waals surface area contributed by atoms with E-state index in [0.29, 0.717) is 17.9 Å². The van der Waals surface area contributed by atoms with E-state index in [4.69, 9.17) is 4.74 Å². The third-order valence-electron chi connectivity index (χ3n) is 3.51. The molecule has 0 aliphatic heterocycles. The van der Waals surface area contributed by atoms with Gasteiger partial charge in [0.2, 0.25) is 5.83 Å². The molecule has 0 aliphatic rings. The zero-order valence-corrected chi connectivity index (χ0v) is 14.5. The summed E-state index contributed by atoms with van der Waals surface area (Å²) in [5.41, 5.74) is 1.79. The number of rotatable bonds is 8. The lowest BCUT2D eigenvalue weighted by Crippen LogP contribution is -2.27. The van der Waals surface area contributed by atoms with Crippen LogP contribution in [0.3, 0.4) is 0 Å². The van der Waals surface area contributed by atoms with Crippen molar-refractivity contribution in [1.82, 2.24) is 0 Å². The number of non-ortho nitro benzene ring substituents is 1. The summed E-state index contributed by atoms with van der Waals surface area (Å²) in [6, 6.07) is 12.6. The molecule has 0 fully saturated rings. The molecular weight excluding hydrogens is 355 g/mol. The number of hydrogen-bond donors (Lipinski definition) is 0. The molecule has 0 bridgehead atoms. The first-order valence-corrected chi connectivity index (χ1v) is 7.93. The molecule has 0 atom stereocenters. The Bertz CT molecular complexity index is 851. The maximum Gasteiger partial charge on any atom is 0.368 e. The standard InChI is InChI=1S/C18H17FN4O4/c1-3-22(12-27-18(24)13(2)19)16-8-4-14(5-9-16)20-21-15-6-10-17(11-7-15)23(25)26/h4-11H,2-3,12H2,1H3. The fraction of sp³-hybridized carbons (Fsp3) is 0.167. The van der Waals surface area contributed by atoms with E-state index in [1.54, 1.807) is 29.2 Å². The predicted octanol–water partition coefficient (Wildman–Crippen LogP) is 4.82. The number of hydrogen-bond acceptors (Lipinski definition) is 7. The van der Waals surface area contributed by atoms with Crippen LogP contribution in [0, 0.1) is 10.1 Å². The first kappa shape index (κ1) is 19.7. The van der Waals surface area contributed by atoms with Crippen molar-refractivity contribution >= 4 is 28.7 Å². The number of carbonyl (C=O) groups is 1. The van der Waals surface area contributed by atoms with Crippen LogP contribution < -0.4 is 4.90 Å². The molecule has 2 aromatic carbocycles. The maximum atomic E-state index is 12.6. The van der Waals surface area contributed by atoms with Crippen molar-refractivity contribution < 1.29 is 18.8 Å². The van der Waals surface area contributed by atoms with E-state index in [1.807, 2.05) is 6.92 Å². The van der Waals surface area contributed by atoms with Crippen molar-refractivity contribution in [2.45, 2.75) is 6.92 Å². The van der Waals surface area contributed by atoms with E-state index in [1.165, 1.54) is 24.3 Å². The molecule has 9 heteroatoms. The Kier molecular flexibility index (Phi) is 6.70. The number of halogens is 1. The highest BCUT2D eigenvalue weighted by Crippen LogP contribution is 2.23. The molecule has 0 spiro atoms. The lowest BCUT2D eigenvalue weighted by Gasteiger charge is -2.22. The van der Waals surface area contributed by atoms with Gasteiger partial charge in [-0.05, 0) is 43.3 Å². The topological polar surface area (TPSA) is 97.4 Å². The zero-order chi connectivity index (χ0) is 19.8. The van der Waals surface area contributed by atoms with Crippen molar-refractivity contribution in [2.75, 3.05) is 18.2 Å². The molecule has 0 saturated heterocycles. The van der Waals surface area contributed by atoms with Gasteiger partial charge in [-0.25, -0.2) is 4.79 Å². The van der Waals surface area contributed by atoms with Crippen LogP contribution >= 0.6 is 0 Å². The smallest absolute Gasteiger partial charge is 0.368 e. The molecule has 0 unspecified atom stereocenters. The van der Waals surface area contributed by atoms with Crippen molar-refractivity contribution in [2.24, 2.45) is 10.2 Å². The Balaban J connectivity index is 2.01. The lowest BCUT2D eigenvalue weighted by atomic mass is 10.2. The second-order valence-electron chi connectivity index (χ2n) is 5.31. The molecule has 0 amide bonds. The average Bonchev–Trinajstić information content (AvgIpc) is 2.67. The molecule has 2 aromatic rings. The van der Waals surface area contributed by atoms with Gasteiger partial charge in [0, 0.05) is 24.4 Å². The SMILES string of the molecule is C=C(F)C(=O)OCN(CC)c1ccc(N=Nc2ccc([N+](=O)[O-])cc2)cc1. The zero-order valence-electron chi connectivity index (χ0n) is 14.5. The molecular formula is C18H17FN4O4. The Hall–Kier alpha value is -3.62. The van der Waals surface area contributed by atoms with Gasteiger partial charge in [0.15, 0.2) is 6.73 Å². The fourth-order valence-corrected chi connectivity index (χ4v) is 2.05. The van der Waals surface area contributed by atoms with E-state index < -0.39 is 16.7 Å². The second-order valence-corrected chi connectivity index (χ2v) is 5.31. The molecule has 0 aromatic heterocycles. The van der Waals surface area contributed by atoms with Crippen molar-refractivity contribution in [3.8, 4) is 0 Å². The largest absolute Gasteiger partial charge is 0.439 e. The number of esters is 1. The molecule has 27 heavy (non-hydrogen) atoms. The van der Waals surface area contributed by atoms with Gasteiger partial charge < -0.3 is 9.64 Å². The van der Waals surface area contributed by atoms with E-state index >= 15 is 0 Å². The summed E-state index contributed by atoms with van der Waals surface area (Å²) in [7, 11) is 0. The van der Waals surface area contributed by atoms with Crippen molar-refractivity contribution in [3.05, 3.63) is 71.1 Å². The minimum Gasteiger partial charge on any atom is -0.439 e. The van der Waals surface area contributed by atoms with Crippen molar-refractivity contribution in [3.63, 3.8) is 0 Å². The molecule has 8 nitrogen and oxygen atoms in total. The van der Waals surface area contributed by atoms with Crippen LogP contribution in [0.2, 0.25) is 0 Å². The highest BCUT2D eigenvalue weighted by atomic mass is 19.1. The van der Waals surface area contributed by atoms with Gasteiger partial charge in [-0.1, -0.05) is 6.58 Å². The third-order valence-corrected chi connectivity index (χ3v) is 3.51. The first-order valence-electron chi connectivity index (χ1n) is 7.93. The number of nitrogens with zero attached hydrogens (tertiary/aromatic N) is 4. The normalized spacial score (nSPS) is 10.6. The minimum atomic E-state index is -1.15. The highest BCUT2D eigenvalue weighted by molar-refractivity contribution is 5.85. The van der Waals surface area contributed by atoms with Crippen LogP contribution in [0.4, 0.5) is 27.1 Å². The molecule has 0 heterocycles. The van der Waals surface area contributed by atoms with Crippen molar-refractivity contribution in [1.29, 1.82) is 0 Å².